The lowest BCUT2D eigenvalue weighted by atomic mass is 10.1. The Labute approximate surface area is 201 Å². The first-order valence-electron chi connectivity index (χ1n) is 11.2. The summed E-state index contributed by atoms with van der Waals surface area (Å²) in [5, 5.41) is 6.33. The van der Waals surface area contributed by atoms with Crippen LogP contribution in [0.5, 0.6) is 11.6 Å². The molecular formula is C25H23F2N7O. The topological polar surface area (TPSA) is 79.6 Å². The van der Waals surface area contributed by atoms with E-state index in [1.165, 1.54) is 6.33 Å². The number of halogens is 2. The van der Waals surface area contributed by atoms with Crippen LogP contribution in [0, 0.1) is 18.2 Å². The van der Waals surface area contributed by atoms with Gasteiger partial charge in [0, 0.05) is 56.1 Å². The second-order valence-electron chi connectivity index (χ2n) is 8.52. The Hall–Kier alpha value is -3.94. The average molecular weight is 476 g/mol. The van der Waals surface area contributed by atoms with Gasteiger partial charge in [0.1, 0.15) is 23.8 Å². The maximum absolute atomic E-state index is 15.0. The number of anilines is 2. The van der Waals surface area contributed by atoms with E-state index in [1.54, 1.807) is 18.3 Å². The molecule has 3 aromatic rings. The van der Waals surface area contributed by atoms with Crippen molar-refractivity contribution in [3.05, 3.63) is 76.0 Å². The molecule has 2 N–H and O–H groups in total. The van der Waals surface area contributed by atoms with Crippen LogP contribution in [0.25, 0.3) is 10.9 Å². The minimum Gasteiger partial charge on any atom is -0.446 e. The Morgan fingerprint density at radius 1 is 1.20 bits per heavy atom. The number of nitrogens with zero attached hydrogens (tertiary/aromatic N) is 5. The number of allylic oxidation sites excluding steroid dienone is 1. The third-order valence-corrected chi connectivity index (χ3v) is 5.96. The summed E-state index contributed by atoms with van der Waals surface area (Å²) in [4.78, 5) is 18.3. The van der Waals surface area contributed by atoms with Crippen LogP contribution in [0.2, 0.25) is 0 Å². The zero-order chi connectivity index (χ0) is 24.4. The lowest BCUT2D eigenvalue weighted by molar-refractivity contribution is 0.233. The number of hydrogen-bond acceptors (Lipinski definition) is 7. The fourth-order valence-corrected chi connectivity index (χ4v) is 4.21. The third-order valence-electron chi connectivity index (χ3n) is 5.96. The summed E-state index contributed by atoms with van der Waals surface area (Å²) in [5.41, 5.74) is 2.34. The minimum atomic E-state index is -0.691. The molecule has 10 heteroatoms. The smallest absolute Gasteiger partial charge is 0.288 e. The van der Waals surface area contributed by atoms with E-state index >= 15 is 4.39 Å². The SMILES string of the molecule is [C-]#[N+]c1c(Nc2ccc(CN3CCNCC3)cn2)ncnc1Oc1cc(F)c2c(c1F)C=C(C)C2. The van der Waals surface area contributed by atoms with Crippen molar-refractivity contribution >= 4 is 23.4 Å². The Kier molecular flexibility index (Phi) is 6.35. The van der Waals surface area contributed by atoms with Gasteiger partial charge in [0.05, 0.1) is 6.57 Å². The number of fused-ring (bicyclic) bond motifs is 1. The minimum absolute atomic E-state index is 0.0637. The highest BCUT2D eigenvalue weighted by molar-refractivity contribution is 5.75. The summed E-state index contributed by atoms with van der Waals surface area (Å²) < 4.78 is 35.1. The van der Waals surface area contributed by atoms with E-state index in [2.05, 4.69) is 35.3 Å². The molecule has 3 heterocycles. The lowest BCUT2D eigenvalue weighted by Crippen LogP contribution is -2.42. The van der Waals surface area contributed by atoms with Gasteiger partial charge >= 0.3 is 0 Å². The largest absolute Gasteiger partial charge is 0.446 e. The van der Waals surface area contributed by atoms with Crippen LogP contribution in [0.1, 0.15) is 23.6 Å². The van der Waals surface area contributed by atoms with E-state index in [0.717, 1.165) is 49.9 Å². The first kappa shape index (κ1) is 22.8. The molecule has 35 heavy (non-hydrogen) atoms. The number of ether oxygens (including phenoxy) is 1. The predicted octanol–water partition coefficient (Wildman–Crippen LogP) is 4.60. The van der Waals surface area contributed by atoms with Crippen molar-refractivity contribution in [1.29, 1.82) is 0 Å². The number of aromatic nitrogens is 3. The van der Waals surface area contributed by atoms with Crippen molar-refractivity contribution in [1.82, 2.24) is 25.2 Å². The molecule has 0 unspecified atom stereocenters. The first-order valence-corrected chi connectivity index (χ1v) is 11.2. The molecule has 1 saturated heterocycles. The van der Waals surface area contributed by atoms with Crippen molar-refractivity contribution in [3.63, 3.8) is 0 Å². The molecule has 0 saturated carbocycles. The molecule has 0 radical (unpaired) electrons. The quantitative estimate of drug-likeness (QED) is 0.505. The molecule has 1 fully saturated rings. The van der Waals surface area contributed by atoms with E-state index in [9.17, 15) is 4.39 Å². The van der Waals surface area contributed by atoms with Crippen molar-refractivity contribution in [2.45, 2.75) is 19.9 Å². The van der Waals surface area contributed by atoms with Crippen LogP contribution < -0.4 is 15.4 Å². The zero-order valence-corrected chi connectivity index (χ0v) is 19.1. The van der Waals surface area contributed by atoms with Crippen LogP contribution in [0.3, 0.4) is 0 Å². The maximum Gasteiger partial charge on any atom is 0.288 e. The van der Waals surface area contributed by atoms with Gasteiger partial charge in [-0.2, -0.15) is 0 Å². The predicted molar refractivity (Wildman–Crippen MR) is 128 cm³/mol. The molecule has 178 valence electrons. The van der Waals surface area contributed by atoms with E-state index in [0.29, 0.717) is 17.8 Å². The summed E-state index contributed by atoms with van der Waals surface area (Å²) in [6.45, 7) is 14.1. The highest BCUT2D eigenvalue weighted by Gasteiger charge is 2.24. The normalized spacial score (nSPS) is 15.3. The molecule has 0 spiro atoms. The Morgan fingerprint density at radius 3 is 2.77 bits per heavy atom. The van der Waals surface area contributed by atoms with Crippen LogP contribution >= 0.6 is 0 Å². The second-order valence-corrected chi connectivity index (χ2v) is 8.52. The van der Waals surface area contributed by atoms with Gasteiger partial charge in [0.15, 0.2) is 11.6 Å². The lowest BCUT2D eigenvalue weighted by Gasteiger charge is -2.27. The first-order chi connectivity index (χ1) is 17.0. The van der Waals surface area contributed by atoms with Gasteiger partial charge in [-0.25, -0.2) is 28.6 Å². The average Bonchev–Trinajstić information content (AvgIpc) is 3.27. The van der Waals surface area contributed by atoms with Gasteiger partial charge in [-0.05, 0) is 25.0 Å². The molecule has 8 nitrogen and oxygen atoms in total. The van der Waals surface area contributed by atoms with Gasteiger partial charge in [-0.3, -0.25) is 4.90 Å². The summed E-state index contributed by atoms with van der Waals surface area (Å²) in [6.07, 6.45) is 4.92. The fraction of sp³-hybridized carbons (Fsp3) is 0.280. The highest BCUT2D eigenvalue weighted by atomic mass is 19.1. The fourth-order valence-electron chi connectivity index (χ4n) is 4.21. The molecule has 1 aromatic carbocycles. The molecular weight excluding hydrogens is 452 g/mol. The van der Waals surface area contributed by atoms with Crippen LogP contribution in [-0.2, 0) is 13.0 Å². The standard InChI is InChI=1S/C25H23F2N7O/c1-15-9-17-18(10-15)22(27)20(11-19(17)26)35-25-23(28-2)24(31-14-32-25)33-21-4-3-16(12-30-21)13-34-7-5-29-6-8-34/h3-4,10-12,14,29H,5-9,13H2,1H3,(H,30,31,32,33). The van der Waals surface area contributed by atoms with Crippen LogP contribution in [0.15, 0.2) is 36.3 Å². The second kappa shape index (κ2) is 9.74. The Bertz CT molecular complexity index is 1330. The number of hydrogen-bond donors (Lipinski definition) is 2. The van der Waals surface area contributed by atoms with Crippen molar-refractivity contribution < 1.29 is 13.5 Å². The van der Waals surface area contributed by atoms with Crippen molar-refractivity contribution in [2.24, 2.45) is 0 Å². The maximum atomic E-state index is 15.0. The van der Waals surface area contributed by atoms with Crippen LogP contribution in [-0.4, -0.2) is 46.0 Å². The summed E-state index contributed by atoms with van der Waals surface area (Å²) in [5.74, 6) is -1.12. The number of pyridine rings is 1. The number of rotatable bonds is 6. The summed E-state index contributed by atoms with van der Waals surface area (Å²) in [7, 11) is 0. The Morgan fingerprint density at radius 2 is 2.03 bits per heavy atom. The van der Waals surface area contributed by atoms with E-state index in [4.69, 9.17) is 11.3 Å². The van der Waals surface area contributed by atoms with Crippen LogP contribution in [0.4, 0.5) is 26.1 Å². The molecule has 0 amide bonds. The number of benzene rings is 1. The van der Waals surface area contributed by atoms with Gasteiger partial charge in [0.2, 0.25) is 5.88 Å². The summed E-state index contributed by atoms with van der Waals surface area (Å²) in [6, 6.07) is 4.76. The van der Waals surface area contributed by atoms with E-state index in [-0.39, 0.29) is 28.7 Å². The van der Waals surface area contributed by atoms with Gasteiger partial charge in [-0.15, -0.1) is 0 Å². The zero-order valence-electron chi connectivity index (χ0n) is 19.1. The van der Waals surface area contributed by atoms with Gasteiger partial charge < -0.3 is 15.4 Å². The molecule has 2 aromatic heterocycles. The van der Waals surface area contributed by atoms with Gasteiger partial charge in [-0.1, -0.05) is 17.7 Å². The third kappa shape index (κ3) is 4.82. The number of piperazine rings is 1. The van der Waals surface area contributed by atoms with Gasteiger partial charge in [0.25, 0.3) is 5.69 Å². The highest BCUT2D eigenvalue weighted by Crippen LogP contribution is 2.40. The Balaban J connectivity index is 1.35. The monoisotopic (exact) mass is 475 g/mol. The summed E-state index contributed by atoms with van der Waals surface area (Å²) >= 11 is 0. The molecule has 1 aliphatic carbocycles. The molecule has 0 atom stereocenters. The van der Waals surface area contributed by atoms with E-state index < -0.39 is 11.6 Å². The van der Waals surface area contributed by atoms with Crippen molar-refractivity contribution in [3.8, 4) is 11.6 Å². The molecule has 5 rings (SSSR count). The molecule has 2 aliphatic rings. The molecule has 1 aliphatic heterocycles. The molecule has 0 bridgehead atoms. The number of nitrogens with one attached hydrogen (secondary N) is 2. The van der Waals surface area contributed by atoms with Crippen molar-refractivity contribution in [2.75, 3.05) is 31.5 Å². The van der Waals surface area contributed by atoms with E-state index in [1.807, 2.05) is 13.0 Å².